The molecule has 2 aliphatic rings. The zero-order valence-electron chi connectivity index (χ0n) is 23.3. The number of nitrogens with zero attached hydrogens (tertiary/aromatic N) is 1. The normalized spacial score (nSPS) is 26.7. The Kier molecular flexibility index (Phi) is 10.4. The Labute approximate surface area is 212 Å². The number of aliphatic hydroxyl groups excluding tert-OH is 1. The van der Waals surface area contributed by atoms with Crippen molar-refractivity contribution in [3.05, 3.63) is 12.2 Å². The highest BCUT2D eigenvalue weighted by Crippen LogP contribution is 2.50. The molecule has 35 heavy (non-hydrogen) atoms. The number of piperidine rings is 1. The minimum atomic E-state index is -1.45. The molecule has 1 saturated carbocycles. The van der Waals surface area contributed by atoms with Crippen molar-refractivity contribution in [3.8, 4) is 0 Å². The molecule has 0 aromatic carbocycles. The first-order valence-corrected chi connectivity index (χ1v) is 13.5. The number of carbonyl (C=O) groups is 2. The maximum absolute atomic E-state index is 13.2. The molecule has 0 aromatic heterocycles. The molecule has 0 amide bonds. The Morgan fingerprint density at radius 2 is 1.40 bits per heavy atom. The lowest BCUT2D eigenvalue weighted by Crippen LogP contribution is -2.67. The van der Waals surface area contributed by atoms with Gasteiger partial charge in [-0.1, -0.05) is 53.7 Å². The molecule has 0 bridgehead atoms. The van der Waals surface area contributed by atoms with Crippen LogP contribution in [-0.4, -0.2) is 59.6 Å². The minimum absolute atomic E-state index is 0.200. The van der Waals surface area contributed by atoms with Gasteiger partial charge in [0.15, 0.2) is 5.41 Å². The molecule has 1 aliphatic heterocycles. The number of hydrogen-bond donors (Lipinski definition) is 1. The van der Waals surface area contributed by atoms with Crippen molar-refractivity contribution in [1.29, 1.82) is 0 Å². The molecule has 202 valence electrons. The first kappa shape index (κ1) is 29.8. The van der Waals surface area contributed by atoms with Crippen molar-refractivity contribution in [2.24, 2.45) is 17.3 Å². The van der Waals surface area contributed by atoms with Crippen molar-refractivity contribution >= 4 is 11.9 Å². The molecule has 2 atom stereocenters. The number of aliphatic hydroxyl groups is 1. The van der Waals surface area contributed by atoms with Crippen LogP contribution in [0.1, 0.15) is 99.3 Å². The van der Waals surface area contributed by atoms with Crippen molar-refractivity contribution in [2.75, 3.05) is 14.2 Å². The molecule has 7 nitrogen and oxygen atoms in total. The summed E-state index contributed by atoms with van der Waals surface area (Å²) in [5.41, 5.74) is -2.07. The lowest BCUT2D eigenvalue weighted by Gasteiger charge is -2.59. The van der Waals surface area contributed by atoms with Gasteiger partial charge in [0.2, 0.25) is 0 Å². The fraction of sp³-hybridized carbons (Fsp3) is 0.857. The largest absolute Gasteiger partial charge is 0.468 e. The SMILES string of the molecule is CCC1(CC)CC(O)CC(CC)(CC)N1OC1CCC(/C=C/C(C)C)C(C(=O)OC)(C(=O)OC)C1. The van der Waals surface area contributed by atoms with Crippen LogP contribution < -0.4 is 0 Å². The van der Waals surface area contributed by atoms with E-state index in [0.29, 0.717) is 25.2 Å². The van der Waals surface area contributed by atoms with Gasteiger partial charge in [-0.25, -0.2) is 0 Å². The molecular weight excluding hydrogens is 446 g/mol. The molecule has 7 heteroatoms. The van der Waals surface area contributed by atoms with E-state index in [4.69, 9.17) is 14.3 Å². The average Bonchev–Trinajstić information content (AvgIpc) is 2.87. The summed E-state index contributed by atoms with van der Waals surface area (Å²) in [6.45, 7) is 12.7. The summed E-state index contributed by atoms with van der Waals surface area (Å²) in [5, 5.41) is 13.0. The number of ether oxygens (including phenoxy) is 2. The predicted octanol–water partition coefficient (Wildman–Crippen LogP) is 5.21. The second-order valence-corrected chi connectivity index (χ2v) is 10.9. The first-order valence-electron chi connectivity index (χ1n) is 13.5. The van der Waals surface area contributed by atoms with E-state index < -0.39 is 17.4 Å². The molecule has 1 aliphatic carbocycles. The third-order valence-corrected chi connectivity index (χ3v) is 8.79. The second-order valence-electron chi connectivity index (χ2n) is 10.9. The number of rotatable bonds is 10. The molecule has 0 spiro atoms. The van der Waals surface area contributed by atoms with Crippen LogP contribution >= 0.6 is 0 Å². The van der Waals surface area contributed by atoms with E-state index in [-0.39, 0.29) is 35.6 Å². The first-order chi connectivity index (χ1) is 16.5. The van der Waals surface area contributed by atoms with E-state index in [1.807, 2.05) is 12.2 Å². The molecule has 0 aromatic rings. The Morgan fingerprint density at radius 3 is 1.80 bits per heavy atom. The van der Waals surface area contributed by atoms with Crippen molar-refractivity contribution in [3.63, 3.8) is 0 Å². The maximum atomic E-state index is 13.2. The van der Waals surface area contributed by atoms with Crippen LogP contribution in [-0.2, 0) is 23.9 Å². The van der Waals surface area contributed by atoms with Crippen LogP contribution in [0.2, 0.25) is 0 Å². The van der Waals surface area contributed by atoms with Gasteiger partial charge in [0.25, 0.3) is 0 Å². The van der Waals surface area contributed by atoms with Gasteiger partial charge in [-0.15, -0.1) is 0 Å². The van der Waals surface area contributed by atoms with Gasteiger partial charge in [-0.3, -0.25) is 14.4 Å². The van der Waals surface area contributed by atoms with Gasteiger partial charge in [0, 0.05) is 23.4 Å². The van der Waals surface area contributed by atoms with Crippen LogP contribution in [0.15, 0.2) is 12.2 Å². The van der Waals surface area contributed by atoms with Crippen molar-refractivity contribution in [1.82, 2.24) is 5.06 Å². The van der Waals surface area contributed by atoms with Gasteiger partial charge < -0.3 is 14.6 Å². The zero-order valence-corrected chi connectivity index (χ0v) is 23.3. The number of hydrogen-bond acceptors (Lipinski definition) is 7. The Bertz CT molecular complexity index is 702. The minimum Gasteiger partial charge on any atom is -0.468 e. The van der Waals surface area contributed by atoms with Gasteiger partial charge in [0.05, 0.1) is 26.4 Å². The lowest BCUT2D eigenvalue weighted by atomic mass is 9.64. The highest BCUT2D eigenvalue weighted by molar-refractivity contribution is 6.00. The highest BCUT2D eigenvalue weighted by atomic mass is 16.7. The molecule has 1 saturated heterocycles. The fourth-order valence-corrected chi connectivity index (χ4v) is 6.49. The number of carbonyl (C=O) groups excluding carboxylic acids is 2. The van der Waals surface area contributed by atoms with E-state index in [1.165, 1.54) is 14.2 Å². The Morgan fingerprint density at radius 1 is 0.914 bits per heavy atom. The summed E-state index contributed by atoms with van der Waals surface area (Å²) >= 11 is 0. The van der Waals surface area contributed by atoms with Crippen LogP contribution in [0.3, 0.4) is 0 Å². The van der Waals surface area contributed by atoms with Crippen molar-refractivity contribution < 1.29 is 29.0 Å². The van der Waals surface area contributed by atoms with Gasteiger partial charge in [0.1, 0.15) is 0 Å². The number of esters is 2. The topological polar surface area (TPSA) is 85.3 Å². The van der Waals surface area contributed by atoms with Crippen LogP contribution in [0, 0.1) is 17.3 Å². The monoisotopic (exact) mass is 495 g/mol. The van der Waals surface area contributed by atoms with E-state index in [0.717, 1.165) is 32.1 Å². The summed E-state index contributed by atoms with van der Waals surface area (Å²) in [4.78, 5) is 33.4. The summed E-state index contributed by atoms with van der Waals surface area (Å²) in [7, 11) is 2.65. The van der Waals surface area contributed by atoms with E-state index >= 15 is 0 Å². The van der Waals surface area contributed by atoms with Crippen LogP contribution in [0.25, 0.3) is 0 Å². The van der Waals surface area contributed by atoms with Gasteiger partial charge in [-0.05, 0) is 57.3 Å². The van der Waals surface area contributed by atoms with E-state index in [1.54, 1.807) is 0 Å². The average molecular weight is 496 g/mol. The smallest absolute Gasteiger partial charge is 0.323 e. The molecule has 1 N–H and O–H groups in total. The third-order valence-electron chi connectivity index (χ3n) is 8.79. The molecule has 1 heterocycles. The Hall–Kier alpha value is -1.44. The molecule has 0 radical (unpaired) electrons. The number of hydroxylamine groups is 2. The molecule has 2 fully saturated rings. The van der Waals surface area contributed by atoms with Gasteiger partial charge >= 0.3 is 11.9 Å². The second kappa shape index (κ2) is 12.2. The van der Waals surface area contributed by atoms with Crippen LogP contribution in [0.5, 0.6) is 0 Å². The molecule has 2 unspecified atom stereocenters. The van der Waals surface area contributed by atoms with E-state index in [2.05, 4.69) is 46.6 Å². The summed E-state index contributed by atoms with van der Waals surface area (Å²) in [6.07, 6.45) is 9.49. The van der Waals surface area contributed by atoms with Crippen molar-refractivity contribution in [2.45, 2.75) is 123 Å². The highest BCUT2D eigenvalue weighted by Gasteiger charge is 2.59. The maximum Gasteiger partial charge on any atom is 0.323 e. The van der Waals surface area contributed by atoms with Gasteiger partial charge in [-0.2, -0.15) is 5.06 Å². The molecule has 2 rings (SSSR count). The van der Waals surface area contributed by atoms with E-state index in [9.17, 15) is 14.7 Å². The standard InChI is InChI=1S/C28H49NO6/c1-9-26(10-2)17-22(30)18-27(11-3,12-4)29(26)35-23-16-15-21(14-13-20(5)6)28(19-23,24(31)33-7)25(32)34-8/h13-14,20-23,30H,9-12,15-19H2,1-8H3/b14-13+. The lowest BCUT2D eigenvalue weighted by molar-refractivity contribution is -0.339. The number of allylic oxidation sites excluding steroid dienone is 2. The molecular formula is C28H49NO6. The third kappa shape index (κ3) is 5.62. The van der Waals surface area contributed by atoms with Crippen LogP contribution in [0.4, 0.5) is 0 Å². The quantitative estimate of drug-likeness (QED) is 0.253. The summed E-state index contributed by atoms with van der Waals surface area (Å²) in [6, 6.07) is 0. The zero-order chi connectivity index (χ0) is 26.4. The summed E-state index contributed by atoms with van der Waals surface area (Å²) in [5.74, 6) is -1.17. The fourth-order valence-electron chi connectivity index (χ4n) is 6.49. The Balaban J connectivity index is 2.52. The number of methoxy groups -OCH3 is 2. The predicted molar refractivity (Wildman–Crippen MR) is 136 cm³/mol. The summed E-state index contributed by atoms with van der Waals surface area (Å²) < 4.78 is 10.4.